The lowest BCUT2D eigenvalue weighted by Gasteiger charge is -2.28. The number of thioether (sulfide) groups is 1. The Balaban J connectivity index is 1.54. The van der Waals surface area contributed by atoms with Crippen LogP contribution in [-0.2, 0) is 9.59 Å². The van der Waals surface area contributed by atoms with Crippen LogP contribution in [0.25, 0.3) is 0 Å². The van der Waals surface area contributed by atoms with Gasteiger partial charge in [0.05, 0.1) is 17.0 Å². The SMILES string of the molecule is O=C(CCN1C(=O)CSc2ccccc21)NNC(=O)c1ccccc1Br. The van der Waals surface area contributed by atoms with Crippen molar-refractivity contribution in [1.82, 2.24) is 10.9 Å². The Bertz CT molecular complexity index is 859. The first-order valence-electron chi connectivity index (χ1n) is 7.92. The average Bonchev–Trinajstić information content (AvgIpc) is 2.65. The van der Waals surface area contributed by atoms with E-state index in [-0.39, 0.29) is 24.8 Å². The van der Waals surface area contributed by atoms with Crippen LogP contribution in [-0.4, -0.2) is 30.0 Å². The second-order valence-corrected chi connectivity index (χ2v) is 7.41. The van der Waals surface area contributed by atoms with Gasteiger partial charge in [0.25, 0.3) is 5.91 Å². The van der Waals surface area contributed by atoms with E-state index in [0.717, 1.165) is 10.6 Å². The highest BCUT2D eigenvalue weighted by atomic mass is 79.9. The fourth-order valence-corrected chi connectivity index (χ4v) is 3.91. The molecule has 6 nitrogen and oxygen atoms in total. The van der Waals surface area contributed by atoms with E-state index < -0.39 is 5.91 Å². The van der Waals surface area contributed by atoms with Crippen LogP contribution in [0.2, 0.25) is 0 Å². The molecule has 3 amide bonds. The minimum Gasteiger partial charge on any atom is -0.310 e. The van der Waals surface area contributed by atoms with E-state index in [4.69, 9.17) is 0 Å². The summed E-state index contributed by atoms with van der Waals surface area (Å²) < 4.78 is 0.639. The molecule has 0 saturated heterocycles. The topological polar surface area (TPSA) is 78.5 Å². The molecule has 0 fully saturated rings. The minimum atomic E-state index is -0.415. The van der Waals surface area contributed by atoms with Gasteiger partial charge in [0.1, 0.15) is 0 Å². The molecule has 2 aromatic carbocycles. The van der Waals surface area contributed by atoms with Gasteiger partial charge in [0.15, 0.2) is 0 Å². The van der Waals surface area contributed by atoms with Crippen molar-refractivity contribution in [1.29, 1.82) is 0 Å². The first-order valence-corrected chi connectivity index (χ1v) is 9.70. The Hall–Kier alpha value is -2.32. The molecule has 1 aliphatic rings. The minimum absolute atomic E-state index is 0.0289. The van der Waals surface area contributed by atoms with Crippen LogP contribution in [0.15, 0.2) is 57.9 Å². The number of hydrazine groups is 1. The monoisotopic (exact) mass is 433 g/mol. The molecule has 2 N–H and O–H groups in total. The van der Waals surface area contributed by atoms with Gasteiger partial charge in [0.2, 0.25) is 11.8 Å². The summed E-state index contributed by atoms with van der Waals surface area (Å²) in [5.41, 5.74) is 6.01. The number of nitrogens with zero attached hydrogens (tertiary/aromatic N) is 1. The summed E-state index contributed by atoms with van der Waals surface area (Å²) in [6.45, 7) is 0.257. The van der Waals surface area contributed by atoms with Crippen molar-refractivity contribution < 1.29 is 14.4 Å². The van der Waals surface area contributed by atoms with Crippen LogP contribution in [0.4, 0.5) is 5.69 Å². The summed E-state index contributed by atoms with van der Waals surface area (Å²) in [4.78, 5) is 38.9. The molecule has 26 heavy (non-hydrogen) atoms. The molecule has 0 spiro atoms. The van der Waals surface area contributed by atoms with Gasteiger partial charge in [-0.1, -0.05) is 24.3 Å². The van der Waals surface area contributed by atoms with E-state index in [2.05, 4.69) is 26.8 Å². The summed E-state index contributed by atoms with van der Waals surface area (Å²) in [6, 6.07) is 14.5. The van der Waals surface area contributed by atoms with Gasteiger partial charge in [-0.3, -0.25) is 25.2 Å². The molecule has 0 radical (unpaired) electrons. The first kappa shape index (κ1) is 18.5. The zero-order valence-electron chi connectivity index (χ0n) is 13.7. The Morgan fingerprint density at radius 1 is 1.08 bits per heavy atom. The molecule has 0 unspecified atom stereocenters. The quantitative estimate of drug-likeness (QED) is 0.726. The highest BCUT2D eigenvalue weighted by molar-refractivity contribution is 9.10. The van der Waals surface area contributed by atoms with Crippen molar-refractivity contribution in [2.24, 2.45) is 0 Å². The van der Waals surface area contributed by atoms with Crippen LogP contribution < -0.4 is 15.8 Å². The van der Waals surface area contributed by atoms with Crippen molar-refractivity contribution in [2.45, 2.75) is 11.3 Å². The van der Waals surface area contributed by atoms with Crippen LogP contribution >= 0.6 is 27.7 Å². The number of amides is 3. The molecule has 0 aromatic heterocycles. The lowest BCUT2D eigenvalue weighted by molar-refractivity contribution is -0.121. The molecule has 1 heterocycles. The van der Waals surface area contributed by atoms with Crippen molar-refractivity contribution in [3.63, 3.8) is 0 Å². The number of para-hydroxylation sites is 1. The predicted molar refractivity (Wildman–Crippen MR) is 104 cm³/mol. The van der Waals surface area contributed by atoms with Crippen LogP contribution in [0.3, 0.4) is 0 Å². The number of fused-ring (bicyclic) bond motifs is 1. The van der Waals surface area contributed by atoms with Crippen molar-refractivity contribution in [3.8, 4) is 0 Å². The fourth-order valence-electron chi connectivity index (χ4n) is 2.51. The van der Waals surface area contributed by atoms with Crippen LogP contribution in [0.5, 0.6) is 0 Å². The number of halogens is 1. The van der Waals surface area contributed by atoms with Gasteiger partial charge < -0.3 is 4.90 Å². The van der Waals surface area contributed by atoms with Crippen LogP contribution in [0.1, 0.15) is 16.8 Å². The number of carbonyl (C=O) groups is 3. The average molecular weight is 434 g/mol. The molecule has 2 aromatic rings. The molecule has 0 aliphatic carbocycles. The largest absolute Gasteiger partial charge is 0.310 e. The van der Waals surface area contributed by atoms with Gasteiger partial charge >= 0.3 is 0 Å². The molecule has 0 atom stereocenters. The lowest BCUT2D eigenvalue weighted by Crippen LogP contribution is -2.44. The second-order valence-electron chi connectivity index (χ2n) is 5.53. The van der Waals surface area contributed by atoms with E-state index >= 15 is 0 Å². The number of benzene rings is 2. The van der Waals surface area contributed by atoms with Crippen molar-refractivity contribution >= 4 is 51.1 Å². The van der Waals surface area contributed by atoms with Gasteiger partial charge in [0, 0.05) is 22.3 Å². The number of anilines is 1. The summed E-state index contributed by atoms with van der Waals surface area (Å²) in [5, 5.41) is 0. The zero-order valence-corrected chi connectivity index (χ0v) is 16.1. The van der Waals surface area contributed by atoms with Gasteiger partial charge in [-0.2, -0.15) is 0 Å². The summed E-state index contributed by atoms with van der Waals surface area (Å²) in [5.74, 6) is -0.452. The Kier molecular flexibility index (Phi) is 5.95. The number of rotatable bonds is 4. The smallest absolute Gasteiger partial charge is 0.270 e. The normalized spacial score (nSPS) is 13.1. The predicted octanol–water partition coefficient (Wildman–Crippen LogP) is 2.74. The van der Waals surface area contributed by atoms with Crippen molar-refractivity contribution in [2.75, 3.05) is 17.2 Å². The molecule has 1 aliphatic heterocycles. The highest BCUT2D eigenvalue weighted by Gasteiger charge is 2.24. The zero-order chi connectivity index (χ0) is 18.5. The molecular formula is C18H16BrN3O3S. The molecule has 3 rings (SSSR count). The maximum atomic E-state index is 12.2. The number of nitrogens with one attached hydrogen (secondary N) is 2. The van der Waals surface area contributed by atoms with E-state index in [1.807, 2.05) is 24.3 Å². The third kappa shape index (κ3) is 4.25. The Morgan fingerprint density at radius 2 is 1.81 bits per heavy atom. The van der Waals surface area contributed by atoms with E-state index in [1.54, 1.807) is 29.2 Å². The third-order valence-corrected chi connectivity index (χ3v) is 5.54. The van der Waals surface area contributed by atoms with E-state index in [1.165, 1.54) is 11.8 Å². The first-order chi connectivity index (χ1) is 12.6. The van der Waals surface area contributed by atoms with E-state index in [0.29, 0.717) is 15.8 Å². The van der Waals surface area contributed by atoms with Gasteiger partial charge in [-0.15, -0.1) is 11.8 Å². The summed E-state index contributed by atoms with van der Waals surface area (Å²) in [7, 11) is 0. The van der Waals surface area contributed by atoms with E-state index in [9.17, 15) is 14.4 Å². The van der Waals surface area contributed by atoms with Gasteiger partial charge in [-0.25, -0.2) is 0 Å². The highest BCUT2D eigenvalue weighted by Crippen LogP contribution is 2.34. The maximum Gasteiger partial charge on any atom is 0.270 e. The summed E-state index contributed by atoms with van der Waals surface area (Å²) in [6.07, 6.45) is 0.0843. The fraction of sp³-hybridized carbons (Fsp3) is 0.167. The molecule has 134 valence electrons. The lowest BCUT2D eigenvalue weighted by atomic mass is 10.2. The number of carbonyl (C=O) groups excluding carboxylic acids is 3. The third-order valence-electron chi connectivity index (χ3n) is 3.80. The van der Waals surface area contributed by atoms with Crippen LogP contribution in [0, 0.1) is 0 Å². The number of hydrogen-bond donors (Lipinski definition) is 2. The molecule has 8 heteroatoms. The number of hydrogen-bond acceptors (Lipinski definition) is 4. The van der Waals surface area contributed by atoms with Gasteiger partial charge in [-0.05, 0) is 40.2 Å². The Morgan fingerprint density at radius 3 is 2.62 bits per heavy atom. The maximum absolute atomic E-state index is 12.2. The molecular weight excluding hydrogens is 418 g/mol. The second kappa shape index (κ2) is 8.37. The molecule has 0 saturated carbocycles. The Labute approximate surface area is 163 Å². The molecule has 0 bridgehead atoms. The standard InChI is InChI=1S/C18H16BrN3O3S/c19-13-6-2-1-5-12(13)18(25)21-20-16(23)9-10-22-14-7-3-4-8-15(14)26-11-17(22)24/h1-8H,9-11H2,(H,20,23)(H,21,25). The van der Waals surface area contributed by atoms with Crippen molar-refractivity contribution in [3.05, 3.63) is 58.6 Å². The summed E-state index contributed by atoms with van der Waals surface area (Å²) >= 11 is 4.78.